The Kier molecular flexibility index (Phi) is 3.61. The van der Waals surface area contributed by atoms with Crippen molar-refractivity contribution in [3.05, 3.63) is 60.0 Å². The van der Waals surface area contributed by atoms with Crippen molar-refractivity contribution >= 4 is 11.6 Å². The van der Waals surface area contributed by atoms with E-state index < -0.39 is 0 Å². The molecule has 0 saturated heterocycles. The molecular weight excluding hydrogens is 304 g/mol. The van der Waals surface area contributed by atoms with Gasteiger partial charge < -0.3 is 15.0 Å². The van der Waals surface area contributed by atoms with E-state index in [9.17, 15) is 9.90 Å². The first-order valence-corrected chi connectivity index (χ1v) is 8.16. The van der Waals surface area contributed by atoms with Crippen molar-refractivity contribution in [1.82, 2.24) is 19.5 Å². The average Bonchev–Trinajstić information content (AvgIpc) is 3.14. The first-order valence-electron chi connectivity index (χ1n) is 8.16. The first kappa shape index (κ1) is 15.0. The second-order valence-electron chi connectivity index (χ2n) is 6.48. The van der Waals surface area contributed by atoms with Crippen LogP contribution in [0.25, 0.3) is 5.65 Å². The zero-order chi connectivity index (χ0) is 16.7. The predicted molar refractivity (Wildman–Crippen MR) is 89.5 cm³/mol. The van der Waals surface area contributed by atoms with Crippen LogP contribution in [0.15, 0.2) is 48.9 Å². The number of aromatic nitrogens is 3. The van der Waals surface area contributed by atoms with E-state index in [4.69, 9.17) is 0 Å². The summed E-state index contributed by atoms with van der Waals surface area (Å²) in [6.07, 6.45) is 6.47. The van der Waals surface area contributed by atoms with Crippen LogP contribution in [0.3, 0.4) is 0 Å². The Balaban J connectivity index is 1.62. The SMILES string of the molecule is Cn1ccn2ncc(C(=O)NC(c3ccccc3)C3CC(O)C3)c12. The van der Waals surface area contributed by atoms with Crippen LogP contribution in [0.2, 0.25) is 0 Å². The topological polar surface area (TPSA) is 71.6 Å². The van der Waals surface area contributed by atoms with E-state index in [-0.39, 0.29) is 24.0 Å². The molecule has 6 heteroatoms. The quantitative estimate of drug-likeness (QED) is 0.770. The third kappa shape index (κ3) is 2.49. The fourth-order valence-electron chi connectivity index (χ4n) is 3.47. The van der Waals surface area contributed by atoms with Crippen LogP contribution in [0.4, 0.5) is 0 Å². The van der Waals surface area contributed by atoms with Gasteiger partial charge in [0.05, 0.1) is 18.3 Å². The Labute approximate surface area is 139 Å². The van der Waals surface area contributed by atoms with Crippen molar-refractivity contribution in [2.75, 3.05) is 0 Å². The van der Waals surface area contributed by atoms with Gasteiger partial charge in [0, 0.05) is 19.4 Å². The number of carbonyl (C=O) groups excluding carboxylic acids is 1. The van der Waals surface area contributed by atoms with Gasteiger partial charge in [-0.15, -0.1) is 0 Å². The summed E-state index contributed by atoms with van der Waals surface area (Å²) in [5.41, 5.74) is 2.40. The fourth-order valence-corrected chi connectivity index (χ4v) is 3.47. The summed E-state index contributed by atoms with van der Waals surface area (Å²) >= 11 is 0. The molecule has 1 aromatic carbocycles. The number of aliphatic hydroxyl groups excluding tert-OH is 1. The Hall–Kier alpha value is -2.60. The van der Waals surface area contributed by atoms with E-state index in [2.05, 4.69) is 10.4 Å². The molecular formula is C18H20N4O2. The molecule has 1 atom stereocenters. The Bertz CT molecular complexity index is 862. The lowest BCUT2D eigenvalue weighted by Gasteiger charge is -2.38. The maximum absolute atomic E-state index is 12.8. The average molecular weight is 324 g/mol. The van der Waals surface area contributed by atoms with Gasteiger partial charge in [0.25, 0.3) is 5.91 Å². The van der Waals surface area contributed by atoms with E-state index in [1.54, 1.807) is 10.7 Å². The fraction of sp³-hybridized carbons (Fsp3) is 0.333. The molecule has 1 saturated carbocycles. The van der Waals surface area contributed by atoms with Crippen molar-refractivity contribution in [3.8, 4) is 0 Å². The van der Waals surface area contributed by atoms with Gasteiger partial charge >= 0.3 is 0 Å². The van der Waals surface area contributed by atoms with Crippen molar-refractivity contribution in [2.45, 2.75) is 25.0 Å². The smallest absolute Gasteiger partial charge is 0.257 e. The highest BCUT2D eigenvalue weighted by Gasteiger charge is 2.36. The number of nitrogens with one attached hydrogen (secondary N) is 1. The molecule has 0 bridgehead atoms. The van der Waals surface area contributed by atoms with Gasteiger partial charge in [-0.05, 0) is 24.3 Å². The molecule has 0 radical (unpaired) electrons. The van der Waals surface area contributed by atoms with Crippen molar-refractivity contribution < 1.29 is 9.90 Å². The standard InChI is InChI=1S/C18H20N4O2/c1-21-7-8-22-18(21)15(11-19-22)17(24)20-16(13-9-14(23)10-13)12-5-3-2-4-6-12/h2-8,11,13-14,16,23H,9-10H2,1H3,(H,20,24). The minimum atomic E-state index is -0.256. The number of carbonyl (C=O) groups is 1. The molecule has 0 spiro atoms. The van der Waals surface area contributed by atoms with E-state index in [0.29, 0.717) is 18.4 Å². The number of hydrogen-bond acceptors (Lipinski definition) is 3. The van der Waals surface area contributed by atoms with Crippen LogP contribution in [0.1, 0.15) is 34.8 Å². The van der Waals surface area contributed by atoms with Gasteiger partial charge in [-0.1, -0.05) is 30.3 Å². The van der Waals surface area contributed by atoms with Gasteiger partial charge in [0.15, 0.2) is 0 Å². The molecule has 4 rings (SSSR count). The second-order valence-corrected chi connectivity index (χ2v) is 6.48. The Morgan fingerprint density at radius 2 is 2.04 bits per heavy atom. The molecule has 2 heterocycles. The van der Waals surface area contributed by atoms with Crippen LogP contribution in [0, 0.1) is 5.92 Å². The van der Waals surface area contributed by atoms with Gasteiger partial charge in [0.1, 0.15) is 11.2 Å². The molecule has 24 heavy (non-hydrogen) atoms. The molecule has 2 aromatic heterocycles. The lowest BCUT2D eigenvalue weighted by molar-refractivity contribution is 0.0235. The van der Waals surface area contributed by atoms with Crippen molar-refractivity contribution in [3.63, 3.8) is 0 Å². The predicted octanol–water partition coefficient (Wildman–Crippen LogP) is 1.91. The highest BCUT2D eigenvalue weighted by Crippen LogP contribution is 2.38. The minimum absolute atomic E-state index is 0.0997. The summed E-state index contributed by atoms with van der Waals surface area (Å²) in [7, 11) is 1.89. The third-order valence-electron chi connectivity index (χ3n) is 4.85. The number of nitrogens with zero attached hydrogens (tertiary/aromatic N) is 3. The number of benzene rings is 1. The number of amides is 1. The first-order chi connectivity index (χ1) is 11.6. The number of hydrogen-bond donors (Lipinski definition) is 2. The van der Waals surface area contributed by atoms with Crippen LogP contribution >= 0.6 is 0 Å². The van der Waals surface area contributed by atoms with Gasteiger partial charge in [-0.2, -0.15) is 5.10 Å². The van der Waals surface area contributed by atoms with Crippen molar-refractivity contribution in [1.29, 1.82) is 0 Å². The molecule has 1 amide bonds. The Morgan fingerprint density at radius 1 is 1.29 bits per heavy atom. The second kappa shape index (κ2) is 5.79. The normalized spacial score (nSPS) is 21.4. The van der Waals surface area contributed by atoms with Gasteiger partial charge in [-0.3, -0.25) is 4.79 Å². The summed E-state index contributed by atoms with van der Waals surface area (Å²) in [5.74, 6) is 0.118. The number of aryl methyl sites for hydroxylation is 1. The summed E-state index contributed by atoms with van der Waals surface area (Å²) in [4.78, 5) is 12.8. The molecule has 1 aliphatic rings. The number of fused-ring (bicyclic) bond motifs is 1. The van der Waals surface area contributed by atoms with Crippen LogP contribution in [0.5, 0.6) is 0 Å². The molecule has 6 nitrogen and oxygen atoms in total. The van der Waals surface area contributed by atoms with Crippen LogP contribution < -0.4 is 5.32 Å². The number of aliphatic hydroxyl groups is 1. The van der Waals surface area contributed by atoms with E-state index in [1.165, 1.54) is 0 Å². The van der Waals surface area contributed by atoms with Gasteiger partial charge in [0.2, 0.25) is 0 Å². The molecule has 2 N–H and O–H groups in total. The maximum atomic E-state index is 12.8. The van der Waals surface area contributed by atoms with Crippen LogP contribution in [-0.4, -0.2) is 31.3 Å². The summed E-state index contributed by atoms with van der Waals surface area (Å²) < 4.78 is 3.58. The zero-order valence-electron chi connectivity index (χ0n) is 13.5. The number of imidazole rings is 1. The highest BCUT2D eigenvalue weighted by molar-refractivity contribution is 6.00. The van der Waals surface area contributed by atoms with Crippen molar-refractivity contribution in [2.24, 2.45) is 13.0 Å². The molecule has 124 valence electrons. The monoisotopic (exact) mass is 324 g/mol. The van der Waals surface area contributed by atoms with E-state index in [1.807, 2.05) is 54.3 Å². The highest BCUT2D eigenvalue weighted by atomic mass is 16.3. The summed E-state index contributed by atoms with van der Waals surface area (Å²) in [5, 5.41) is 17.0. The third-order valence-corrected chi connectivity index (χ3v) is 4.85. The summed E-state index contributed by atoms with van der Waals surface area (Å²) in [6, 6.07) is 9.84. The lowest BCUT2D eigenvalue weighted by Crippen LogP contribution is -2.41. The Morgan fingerprint density at radius 3 is 2.75 bits per heavy atom. The van der Waals surface area contributed by atoms with E-state index >= 15 is 0 Å². The number of rotatable bonds is 4. The van der Waals surface area contributed by atoms with E-state index in [0.717, 1.165) is 11.2 Å². The zero-order valence-corrected chi connectivity index (χ0v) is 13.5. The summed E-state index contributed by atoms with van der Waals surface area (Å²) in [6.45, 7) is 0. The largest absolute Gasteiger partial charge is 0.393 e. The minimum Gasteiger partial charge on any atom is -0.393 e. The molecule has 1 fully saturated rings. The molecule has 1 aliphatic carbocycles. The maximum Gasteiger partial charge on any atom is 0.257 e. The van der Waals surface area contributed by atoms with Crippen LogP contribution in [-0.2, 0) is 7.05 Å². The van der Waals surface area contributed by atoms with Gasteiger partial charge in [-0.25, -0.2) is 4.52 Å². The lowest BCUT2D eigenvalue weighted by atomic mass is 9.75. The molecule has 0 aliphatic heterocycles. The molecule has 1 unspecified atom stereocenters. The molecule has 3 aromatic rings.